The third-order valence-corrected chi connectivity index (χ3v) is 8.77. The van der Waals surface area contributed by atoms with Gasteiger partial charge in [0.25, 0.3) is 5.91 Å². The normalized spacial score (nSPS) is 24.3. The van der Waals surface area contributed by atoms with Crippen molar-refractivity contribution in [1.82, 2.24) is 4.98 Å². The van der Waals surface area contributed by atoms with Crippen molar-refractivity contribution < 1.29 is 34.8 Å². The summed E-state index contributed by atoms with van der Waals surface area (Å²) in [5, 5.41) is 46.4. The van der Waals surface area contributed by atoms with Crippen molar-refractivity contribution in [3.05, 3.63) is 76.2 Å². The van der Waals surface area contributed by atoms with Crippen molar-refractivity contribution >= 4 is 34.1 Å². The van der Waals surface area contributed by atoms with Crippen LogP contribution in [0.5, 0.6) is 5.75 Å². The van der Waals surface area contributed by atoms with E-state index in [9.17, 15) is 34.8 Å². The van der Waals surface area contributed by atoms with E-state index < -0.39 is 57.4 Å². The highest BCUT2D eigenvalue weighted by Crippen LogP contribution is 2.54. The van der Waals surface area contributed by atoms with E-state index in [2.05, 4.69) is 4.98 Å². The van der Waals surface area contributed by atoms with E-state index in [1.807, 2.05) is 57.2 Å². The molecule has 41 heavy (non-hydrogen) atoms. The molecule has 1 fully saturated rings. The first kappa shape index (κ1) is 26.7. The van der Waals surface area contributed by atoms with E-state index in [4.69, 9.17) is 5.73 Å². The monoisotopic (exact) mass is 554 g/mol. The number of nitrogens with two attached hydrogens (primary N) is 1. The Balaban J connectivity index is 1.61. The number of fused-ring (bicyclic) bond motifs is 4. The second kappa shape index (κ2) is 8.75. The summed E-state index contributed by atoms with van der Waals surface area (Å²) in [5.41, 5.74) is 4.68. The minimum Gasteiger partial charge on any atom is -0.508 e. The summed E-state index contributed by atoms with van der Waals surface area (Å²) in [5.74, 6) is -6.44. The van der Waals surface area contributed by atoms with Gasteiger partial charge in [-0.2, -0.15) is 0 Å². The number of amides is 1. The molecule has 3 atom stereocenters. The summed E-state index contributed by atoms with van der Waals surface area (Å²) in [4.78, 5) is 43.1. The van der Waals surface area contributed by atoms with E-state index in [-0.39, 0.29) is 36.1 Å². The van der Waals surface area contributed by atoms with Gasteiger partial charge in [0.1, 0.15) is 22.8 Å². The Morgan fingerprint density at radius 1 is 1.07 bits per heavy atom. The molecule has 0 radical (unpaired) electrons. The van der Waals surface area contributed by atoms with Gasteiger partial charge >= 0.3 is 0 Å². The number of carbonyl (C=O) groups excluding carboxylic acids is 3. The number of hydrogen-bond donors (Lipinski definition) is 5. The third-order valence-electron chi connectivity index (χ3n) is 8.77. The van der Waals surface area contributed by atoms with Crippen molar-refractivity contribution in [1.29, 1.82) is 0 Å². The molecule has 3 aliphatic carbocycles. The summed E-state index contributed by atoms with van der Waals surface area (Å²) in [6.45, 7) is 5.75. The number of rotatable bonds is 2. The van der Waals surface area contributed by atoms with E-state index in [0.29, 0.717) is 11.1 Å². The Hall–Kier alpha value is -4.50. The molecular formula is C32H30N2O7. The maximum Gasteiger partial charge on any atom is 0.255 e. The van der Waals surface area contributed by atoms with Crippen LogP contribution in [0.25, 0.3) is 27.8 Å². The van der Waals surface area contributed by atoms with Gasteiger partial charge in [-0.3, -0.25) is 19.4 Å². The maximum absolute atomic E-state index is 13.9. The molecule has 9 heteroatoms. The highest BCUT2D eigenvalue weighted by Gasteiger charge is 2.60. The third kappa shape index (κ3) is 3.72. The number of nitrogens with zero attached hydrogens (tertiary/aromatic N) is 1. The smallest absolute Gasteiger partial charge is 0.255 e. The second-order valence-electron chi connectivity index (χ2n) is 12.2. The average molecular weight is 555 g/mol. The van der Waals surface area contributed by atoms with Gasteiger partial charge in [0.15, 0.2) is 11.4 Å². The first-order valence-corrected chi connectivity index (χ1v) is 13.5. The number of Topliss-reactive ketones (excluding diaryl/α,β-unsaturated/α-hetero) is 2. The van der Waals surface area contributed by atoms with E-state index in [1.165, 1.54) is 0 Å². The molecule has 1 amide bonds. The summed E-state index contributed by atoms with van der Waals surface area (Å²) < 4.78 is 0. The Bertz CT molecular complexity index is 1780. The fraction of sp³-hybridized carbons (Fsp3) is 0.312. The van der Waals surface area contributed by atoms with E-state index in [0.717, 1.165) is 22.0 Å². The van der Waals surface area contributed by atoms with Crippen molar-refractivity contribution in [3.63, 3.8) is 0 Å². The summed E-state index contributed by atoms with van der Waals surface area (Å²) in [6.07, 6.45) is 1.66. The fourth-order valence-corrected chi connectivity index (χ4v) is 6.74. The molecule has 1 heterocycles. The first-order chi connectivity index (χ1) is 19.2. The predicted octanol–water partition coefficient (Wildman–Crippen LogP) is 3.94. The van der Waals surface area contributed by atoms with Gasteiger partial charge in [0.05, 0.1) is 11.1 Å². The molecule has 1 saturated carbocycles. The molecule has 6 rings (SSSR count). The first-order valence-electron chi connectivity index (χ1n) is 13.5. The van der Waals surface area contributed by atoms with Crippen LogP contribution in [0.4, 0.5) is 0 Å². The number of phenols is 1. The number of primary amides is 1. The van der Waals surface area contributed by atoms with Gasteiger partial charge in [0.2, 0.25) is 5.78 Å². The molecule has 0 aliphatic heterocycles. The average Bonchev–Trinajstić information content (AvgIpc) is 2.89. The Labute approximate surface area is 235 Å². The Kier molecular flexibility index (Phi) is 5.70. The van der Waals surface area contributed by atoms with Crippen LogP contribution in [-0.2, 0) is 26.2 Å². The van der Waals surface area contributed by atoms with E-state index >= 15 is 0 Å². The summed E-state index contributed by atoms with van der Waals surface area (Å²) >= 11 is 0. The molecular weight excluding hydrogens is 524 g/mol. The van der Waals surface area contributed by atoms with Crippen LogP contribution >= 0.6 is 0 Å². The van der Waals surface area contributed by atoms with Gasteiger partial charge in [-0.05, 0) is 53.5 Å². The van der Waals surface area contributed by atoms with Crippen LogP contribution in [0.3, 0.4) is 0 Å². The van der Waals surface area contributed by atoms with Crippen LogP contribution in [0.1, 0.15) is 50.3 Å². The number of aromatic hydroxyl groups is 1. The molecule has 6 N–H and O–H groups in total. The molecule has 9 nitrogen and oxygen atoms in total. The number of para-hydroxylation sites is 1. The molecule has 3 unspecified atom stereocenters. The molecule has 0 saturated heterocycles. The SMILES string of the molecule is CC(C)(C)c1cc(-c2cnc3ccccc3c2)c2c(c1O)C(O)=C1C(=O)C3(O)C(O)=C(C(N)=O)C(=O)CC3CC1C2. The zero-order chi connectivity index (χ0) is 29.6. The van der Waals surface area contributed by atoms with Crippen molar-refractivity contribution in [2.24, 2.45) is 17.6 Å². The molecule has 3 aromatic rings. The second-order valence-corrected chi connectivity index (χ2v) is 12.2. The lowest BCUT2D eigenvalue weighted by molar-refractivity contribution is -0.147. The van der Waals surface area contributed by atoms with Gasteiger partial charge < -0.3 is 26.2 Å². The number of ketones is 2. The lowest BCUT2D eigenvalue weighted by Crippen LogP contribution is -2.58. The minimum absolute atomic E-state index is 0.0696. The molecule has 2 aromatic carbocycles. The summed E-state index contributed by atoms with van der Waals surface area (Å²) in [6, 6.07) is 11.5. The molecule has 210 valence electrons. The number of aliphatic hydroxyl groups is 3. The number of carbonyl (C=O) groups is 3. The number of aliphatic hydroxyl groups excluding tert-OH is 2. The van der Waals surface area contributed by atoms with Crippen molar-refractivity contribution in [2.75, 3.05) is 0 Å². The maximum atomic E-state index is 13.9. The standard InChI is InChI=1S/C32H30N2O7/c1-31(2,3)20-12-18(16-8-14-6-4-5-7-21(14)34-13-16)19-10-15-9-17-11-22(35)25(30(33)40)29(39)32(17,41)28(38)23(15)27(37)24(19)26(20)36/h4-8,12-13,15,17,36-37,39,41H,9-11H2,1-3H3,(H2,33,40). The molecule has 0 bridgehead atoms. The van der Waals surface area contributed by atoms with E-state index in [1.54, 1.807) is 6.20 Å². The van der Waals surface area contributed by atoms with Crippen LogP contribution in [0.2, 0.25) is 0 Å². The highest BCUT2D eigenvalue weighted by atomic mass is 16.3. The topological polar surface area (TPSA) is 171 Å². The van der Waals surface area contributed by atoms with Crippen molar-refractivity contribution in [3.8, 4) is 16.9 Å². The van der Waals surface area contributed by atoms with Gasteiger partial charge in [-0.25, -0.2) is 0 Å². The molecule has 0 spiro atoms. The Morgan fingerprint density at radius 3 is 2.46 bits per heavy atom. The van der Waals surface area contributed by atoms with Gasteiger partial charge in [-0.1, -0.05) is 39.0 Å². The highest BCUT2D eigenvalue weighted by molar-refractivity contribution is 6.22. The lowest BCUT2D eigenvalue weighted by Gasteiger charge is -2.46. The van der Waals surface area contributed by atoms with Gasteiger partial charge in [-0.15, -0.1) is 0 Å². The minimum atomic E-state index is -2.60. The zero-order valence-electron chi connectivity index (χ0n) is 22.9. The van der Waals surface area contributed by atoms with Crippen LogP contribution in [-0.4, -0.2) is 48.5 Å². The lowest BCUT2D eigenvalue weighted by atomic mass is 9.59. The van der Waals surface area contributed by atoms with Crippen LogP contribution in [0, 0.1) is 11.8 Å². The van der Waals surface area contributed by atoms with Crippen molar-refractivity contribution in [2.45, 2.75) is 51.0 Å². The zero-order valence-corrected chi connectivity index (χ0v) is 22.9. The quantitative estimate of drug-likeness (QED) is 0.297. The predicted molar refractivity (Wildman–Crippen MR) is 151 cm³/mol. The number of phenolic OH excluding ortho intramolecular Hbond substituents is 1. The van der Waals surface area contributed by atoms with Crippen LogP contribution in [0.15, 0.2) is 59.5 Å². The van der Waals surface area contributed by atoms with Crippen LogP contribution < -0.4 is 5.73 Å². The summed E-state index contributed by atoms with van der Waals surface area (Å²) in [7, 11) is 0. The number of pyridine rings is 1. The number of benzene rings is 2. The van der Waals surface area contributed by atoms with Gasteiger partial charge in [0, 0.05) is 40.6 Å². The Morgan fingerprint density at radius 2 is 1.78 bits per heavy atom. The molecule has 1 aromatic heterocycles. The molecule has 3 aliphatic rings. The fourth-order valence-electron chi connectivity index (χ4n) is 6.74. The number of aromatic nitrogens is 1. The largest absolute Gasteiger partial charge is 0.508 e. The number of hydrogen-bond acceptors (Lipinski definition) is 8.